The highest BCUT2D eigenvalue weighted by atomic mass is 19.1. The summed E-state index contributed by atoms with van der Waals surface area (Å²) in [5, 5.41) is 16.2. The number of halogens is 2. The predicted molar refractivity (Wildman–Crippen MR) is 119 cm³/mol. The van der Waals surface area contributed by atoms with Crippen LogP contribution in [-0.2, 0) is 0 Å². The molecule has 2 heterocycles. The molecule has 31 heavy (non-hydrogen) atoms. The number of imidazole rings is 1. The highest BCUT2D eigenvalue weighted by Gasteiger charge is 2.26. The molecule has 1 aliphatic rings. The SMILES string of the molecule is C.CC(C)(C)Nc1ncc2nc(Nc3ccc(F)cc3F)n(C3CCC(O)CC3)c2n1. The van der Waals surface area contributed by atoms with Gasteiger partial charge in [-0.3, -0.25) is 4.57 Å². The third-order valence-electron chi connectivity index (χ3n) is 5.13. The molecule has 0 bridgehead atoms. The molecule has 1 fully saturated rings. The summed E-state index contributed by atoms with van der Waals surface area (Å²) < 4.78 is 29.5. The van der Waals surface area contributed by atoms with E-state index in [1.165, 1.54) is 12.1 Å². The van der Waals surface area contributed by atoms with Crippen molar-refractivity contribution in [1.82, 2.24) is 19.5 Å². The average molecular weight is 433 g/mol. The third kappa shape index (κ3) is 5.10. The highest BCUT2D eigenvalue weighted by molar-refractivity contribution is 5.76. The summed E-state index contributed by atoms with van der Waals surface area (Å²) in [4.78, 5) is 13.6. The molecule has 0 atom stereocenters. The van der Waals surface area contributed by atoms with E-state index in [9.17, 15) is 13.9 Å². The van der Waals surface area contributed by atoms with Crippen molar-refractivity contribution in [2.75, 3.05) is 10.6 Å². The maximum Gasteiger partial charge on any atom is 0.225 e. The maximum absolute atomic E-state index is 14.3. The normalized spacial score (nSPS) is 19.2. The molecule has 0 radical (unpaired) electrons. The van der Waals surface area contributed by atoms with Crippen molar-refractivity contribution in [3.63, 3.8) is 0 Å². The van der Waals surface area contributed by atoms with Crippen molar-refractivity contribution in [3.8, 4) is 0 Å². The van der Waals surface area contributed by atoms with Gasteiger partial charge in [-0.05, 0) is 58.6 Å². The van der Waals surface area contributed by atoms with Gasteiger partial charge in [-0.25, -0.2) is 18.7 Å². The van der Waals surface area contributed by atoms with Gasteiger partial charge in [0.05, 0.1) is 18.0 Å². The monoisotopic (exact) mass is 432 g/mol. The average Bonchev–Trinajstić information content (AvgIpc) is 3.01. The third-order valence-corrected chi connectivity index (χ3v) is 5.13. The molecule has 1 aromatic carbocycles. The second-order valence-corrected chi connectivity index (χ2v) is 8.79. The first kappa shape index (κ1) is 22.9. The van der Waals surface area contributed by atoms with Crippen LogP contribution in [0.2, 0.25) is 0 Å². The molecule has 0 spiro atoms. The first-order chi connectivity index (χ1) is 14.2. The fraction of sp³-hybridized carbons (Fsp3) is 0.500. The molecule has 0 aliphatic heterocycles. The van der Waals surface area contributed by atoms with Crippen LogP contribution < -0.4 is 10.6 Å². The van der Waals surface area contributed by atoms with Gasteiger partial charge < -0.3 is 15.7 Å². The summed E-state index contributed by atoms with van der Waals surface area (Å²) in [7, 11) is 0. The topological polar surface area (TPSA) is 87.9 Å². The van der Waals surface area contributed by atoms with E-state index in [0.29, 0.717) is 35.9 Å². The first-order valence-electron chi connectivity index (χ1n) is 10.1. The Morgan fingerprint density at radius 1 is 1.10 bits per heavy atom. The second-order valence-electron chi connectivity index (χ2n) is 8.79. The quantitative estimate of drug-likeness (QED) is 0.527. The fourth-order valence-corrected chi connectivity index (χ4v) is 3.75. The number of hydrogen-bond donors (Lipinski definition) is 3. The lowest BCUT2D eigenvalue weighted by Gasteiger charge is -2.28. The van der Waals surface area contributed by atoms with Gasteiger partial charge in [0.2, 0.25) is 11.9 Å². The van der Waals surface area contributed by atoms with Crippen molar-refractivity contribution in [3.05, 3.63) is 36.0 Å². The minimum absolute atomic E-state index is 0. The fourth-order valence-electron chi connectivity index (χ4n) is 3.75. The zero-order valence-corrected chi connectivity index (χ0v) is 17.3. The number of anilines is 3. The molecule has 3 aromatic rings. The molecule has 0 unspecified atom stereocenters. The molecule has 168 valence electrons. The number of benzene rings is 1. The molecular weight excluding hydrogens is 402 g/mol. The van der Waals surface area contributed by atoms with E-state index in [0.717, 1.165) is 18.9 Å². The summed E-state index contributed by atoms with van der Waals surface area (Å²) in [6.45, 7) is 6.06. The molecule has 7 nitrogen and oxygen atoms in total. The van der Waals surface area contributed by atoms with Crippen LogP contribution in [0.4, 0.5) is 26.4 Å². The van der Waals surface area contributed by atoms with Crippen molar-refractivity contribution in [2.45, 2.75) is 71.6 Å². The summed E-state index contributed by atoms with van der Waals surface area (Å²) in [5.41, 5.74) is 1.12. The number of rotatable bonds is 4. The van der Waals surface area contributed by atoms with Crippen LogP contribution in [0, 0.1) is 11.6 Å². The summed E-state index contributed by atoms with van der Waals surface area (Å²) >= 11 is 0. The van der Waals surface area contributed by atoms with Crippen LogP contribution >= 0.6 is 0 Å². The summed E-state index contributed by atoms with van der Waals surface area (Å²) in [6, 6.07) is 3.41. The second kappa shape index (κ2) is 8.74. The predicted octanol–water partition coefficient (Wildman–Crippen LogP) is 5.17. The van der Waals surface area contributed by atoms with Gasteiger partial charge in [-0.15, -0.1) is 0 Å². The Bertz CT molecular complexity index is 1050. The maximum atomic E-state index is 14.3. The van der Waals surface area contributed by atoms with E-state index in [2.05, 4.69) is 25.6 Å². The molecule has 1 saturated carbocycles. The Morgan fingerprint density at radius 2 is 1.81 bits per heavy atom. The van der Waals surface area contributed by atoms with Crippen molar-refractivity contribution in [1.29, 1.82) is 0 Å². The molecule has 9 heteroatoms. The Hall–Kier alpha value is -2.81. The molecule has 0 saturated heterocycles. The highest BCUT2D eigenvalue weighted by Crippen LogP contribution is 2.35. The number of nitrogens with one attached hydrogen (secondary N) is 2. The number of aliphatic hydroxyl groups is 1. The van der Waals surface area contributed by atoms with E-state index in [1.54, 1.807) is 6.20 Å². The zero-order valence-electron chi connectivity index (χ0n) is 17.3. The first-order valence-corrected chi connectivity index (χ1v) is 10.1. The molecule has 0 amide bonds. The van der Waals surface area contributed by atoms with Crippen LogP contribution in [-0.4, -0.2) is 36.3 Å². The van der Waals surface area contributed by atoms with Gasteiger partial charge in [0.15, 0.2) is 5.65 Å². The van der Waals surface area contributed by atoms with Crippen molar-refractivity contribution in [2.24, 2.45) is 0 Å². The molecule has 3 N–H and O–H groups in total. The van der Waals surface area contributed by atoms with Gasteiger partial charge in [0.25, 0.3) is 0 Å². The van der Waals surface area contributed by atoms with Gasteiger partial charge in [0.1, 0.15) is 17.2 Å². The van der Waals surface area contributed by atoms with Crippen LogP contribution in [0.5, 0.6) is 0 Å². The lowest BCUT2D eigenvalue weighted by molar-refractivity contribution is 0.112. The summed E-state index contributed by atoms with van der Waals surface area (Å²) in [5.74, 6) is -0.448. The van der Waals surface area contributed by atoms with Crippen LogP contribution in [0.1, 0.15) is 59.9 Å². The van der Waals surface area contributed by atoms with E-state index in [-0.39, 0.29) is 30.8 Å². The van der Waals surface area contributed by atoms with Gasteiger partial charge >= 0.3 is 0 Å². The van der Waals surface area contributed by atoms with Crippen LogP contribution in [0.15, 0.2) is 24.4 Å². The van der Waals surface area contributed by atoms with E-state index in [1.807, 2.05) is 25.3 Å². The van der Waals surface area contributed by atoms with Crippen molar-refractivity contribution >= 4 is 28.7 Å². The number of aromatic nitrogens is 4. The Morgan fingerprint density at radius 3 is 2.45 bits per heavy atom. The Labute approximate surface area is 180 Å². The Kier molecular flexibility index (Phi) is 6.45. The van der Waals surface area contributed by atoms with Crippen LogP contribution in [0.25, 0.3) is 11.2 Å². The zero-order chi connectivity index (χ0) is 21.5. The number of fused-ring (bicyclic) bond motifs is 1. The number of aliphatic hydroxyl groups excluding tert-OH is 1. The lowest BCUT2D eigenvalue weighted by Crippen LogP contribution is -2.27. The van der Waals surface area contributed by atoms with Gasteiger partial charge in [-0.1, -0.05) is 7.43 Å². The molecule has 4 rings (SSSR count). The standard InChI is InChI=1S/C21H26F2N6O.CH4/c1-21(2,3)28-19-24-11-17-18(27-19)29(13-5-7-14(30)8-6-13)20(26-17)25-16-9-4-12(22)10-15(16)23;/h4,9-11,13-14,30H,5-8H2,1-3H3,(H,25,26)(H,24,27,28);1H4. The molecule has 2 aromatic heterocycles. The smallest absolute Gasteiger partial charge is 0.225 e. The minimum atomic E-state index is -0.700. The van der Waals surface area contributed by atoms with E-state index < -0.39 is 11.6 Å². The van der Waals surface area contributed by atoms with Gasteiger partial charge in [-0.2, -0.15) is 4.98 Å². The van der Waals surface area contributed by atoms with Crippen LogP contribution in [0.3, 0.4) is 0 Å². The Balaban J connectivity index is 0.00000272. The minimum Gasteiger partial charge on any atom is -0.393 e. The molecular formula is C22H30F2N6O. The van der Waals surface area contributed by atoms with Gasteiger partial charge in [0, 0.05) is 17.6 Å². The van der Waals surface area contributed by atoms with E-state index >= 15 is 0 Å². The lowest BCUT2D eigenvalue weighted by atomic mass is 9.93. The largest absolute Gasteiger partial charge is 0.393 e. The molecule has 1 aliphatic carbocycles. The summed E-state index contributed by atoms with van der Waals surface area (Å²) in [6.07, 6.45) is 4.17. The van der Waals surface area contributed by atoms with Crippen molar-refractivity contribution < 1.29 is 13.9 Å². The number of nitrogens with zero attached hydrogens (tertiary/aromatic N) is 4. The number of hydrogen-bond acceptors (Lipinski definition) is 6. The van der Waals surface area contributed by atoms with E-state index in [4.69, 9.17) is 0 Å².